The van der Waals surface area contributed by atoms with Crippen LogP contribution in [-0.4, -0.2) is 9.97 Å². The summed E-state index contributed by atoms with van der Waals surface area (Å²) in [7, 11) is 0. The quantitative estimate of drug-likeness (QED) is 0.818. The highest BCUT2D eigenvalue weighted by Gasteiger charge is 2.13. The van der Waals surface area contributed by atoms with Gasteiger partial charge in [0.1, 0.15) is 11.6 Å². The number of hydrogen-bond donors (Lipinski definition) is 1. The first-order valence-corrected chi connectivity index (χ1v) is 7.51. The lowest BCUT2D eigenvalue weighted by Gasteiger charge is -2.10. The molecule has 5 heteroatoms. The van der Waals surface area contributed by atoms with E-state index in [1.807, 2.05) is 22.6 Å². The van der Waals surface area contributed by atoms with Crippen molar-refractivity contribution < 1.29 is 4.39 Å². The molecule has 0 amide bonds. The van der Waals surface area contributed by atoms with Crippen LogP contribution in [0.1, 0.15) is 25.1 Å². The van der Waals surface area contributed by atoms with Crippen LogP contribution in [0.25, 0.3) is 11.4 Å². The number of nitrogens with one attached hydrogen (secondary N) is 1. The Labute approximate surface area is 130 Å². The second kappa shape index (κ2) is 6.03. The van der Waals surface area contributed by atoms with Gasteiger partial charge < -0.3 is 4.98 Å². The minimum absolute atomic E-state index is 0.144. The van der Waals surface area contributed by atoms with Crippen LogP contribution in [0.15, 0.2) is 23.0 Å². The molecule has 0 fully saturated rings. The fourth-order valence-electron chi connectivity index (χ4n) is 2.05. The van der Waals surface area contributed by atoms with Gasteiger partial charge >= 0.3 is 0 Å². The molecule has 0 radical (unpaired) electrons. The Bertz CT molecular complexity index is 695. The van der Waals surface area contributed by atoms with E-state index in [0.717, 1.165) is 23.2 Å². The van der Waals surface area contributed by atoms with E-state index in [1.54, 1.807) is 13.0 Å². The summed E-state index contributed by atoms with van der Waals surface area (Å²) in [6.45, 7) is 5.97. The summed E-state index contributed by atoms with van der Waals surface area (Å²) in [5, 5.41) is 0. The van der Waals surface area contributed by atoms with Gasteiger partial charge in [-0.05, 0) is 65.6 Å². The number of aryl methyl sites for hydroxylation is 1. The second-order valence-electron chi connectivity index (χ2n) is 5.23. The van der Waals surface area contributed by atoms with Gasteiger partial charge in [0.15, 0.2) is 0 Å². The molecule has 1 aromatic heterocycles. The van der Waals surface area contributed by atoms with Gasteiger partial charge in [0.05, 0.1) is 9.26 Å². The molecule has 2 aromatic rings. The molecule has 0 saturated carbocycles. The lowest BCUT2D eigenvalue weighted by molar-refractivity contribution is 0.626. The maximum atomic E-state index is 13.2. The summed E-state index contributed by atoms with van der Waals surface area (Å²) in [6, 6.07) is 4.47. The SMILES string of the molecule is Cc1cc(F)ccc1-c1nc(CC(C)C)c(I)c(=O)[nH]1. The Morgan fingerprint density at radius 3 is 2.70 bits per heavy atom. The van der Waals surface area contributed by atoms with E-state index in [4.69, 9.17) is 0 Å². The largest absolute Gasteiger partial charge is 0.306 e. The lowest BCUT2D eigenvalue weighted by atomic mass is 10.1. The van der Waals surface area contributed by atoms with Gasteiger partial charge in [-0.25, -0.2) is 9.37 Å². The highest BCUT2D eigenvalue weighted by Crippen LogP contribution is 2.21. The minimum atomic E-state index is -0.290. The van der Waals surface area contributed by atoms with E-state index in [-0.39, 0.29) is 11.4 Å². The van der Waals surface area contributed by atoms with E-state index in [9.17, 15) is 9.18 Å². The molecule has 0 aliphatic carbocycles. The maximum absolute atomic E-state index is 13.2. The van der Waals surface area contributed by atoms with E-state index >= 15 is 0 Å². The number of rotatable bonds is 3. The van der Waals surface area contributed by atoms with E-state index in [0.29, 0.717) is 15.3 Å². The molecule has 2 rings (SSSR count). The van der Waals surface area contributed by atoms with Crippen molar-refractivity contribution in [2.75, 3.05) is 0 Å². The van der Waals surface area contributed by atoms with Crippen molar-refractivity contribution in [3.8, 4) is 11.4 Å². The Morgan fingerprint density at radius 2 is 2.10 bits per heavy atom. The Morgan fingerprint density at radius 1 is 1.40 bits per heavy atom. The maximum Gasteiger partial charge on any atom is 0.264 e. The number of nitrogens with zero attached hydrogens (tertiary/aromatic N) is 1. The summed E-state index contributed by atoms with van der Waals surface area (Å²) >= 11 is 2.02. The molecule has 0 unspecified atom stereocenters. The molecule has 106 valence electrons. The Balaban J connectivity index is 2.57. The average Bonchev–Trinajstić information content (AvgIpc) is 2.34. The molecule has 1 N–H and O–H groups in total. The standard InChI is InChI=1S/C15H16FIN2O/c1-8(2)6-12-13(17)15(20)19-14(18-12)11-5-4-10(16)7-9(11)3/h4-5,7-8H,6H2,1-3H3,(H,18,19,20). The van der Waals surface area contributed by atoms with Crippen LogP contribution in [0.2, 0.25) is 0 Å². The zero-order chi connectivity index (χ0) is 14.9. The van der Waals surface area contributed by atoms with Crippen molar-refractivity contribution in [1.82, 2.24) is 9.97 Å². The molecule has 0 aliphatic rings. The van der Waals surface area contributed by atoms with Gasteiger partial charge in [-0.15, -0.1) is 0 Å². The van der Waals surface area contributed by atoms with Crippen molar-refractivity contribution in [1.29, 1.82) is 0 Å². The number of aromatic nitrogens is 2. The first-order valence-electron chi connectivity index (χ1n) is 6.43. The van der Waals surface area contributed by atoms with E-state index in [2.05, 4.69) is 23.8 Å². The van der Waals surface area contributed by atoms with Gasteiger partial charge in [0.25, 0.3) is 5.56 Å². The summed E-state index contributed by atoms with van der Waals surface area (Å²) in [4.78, 5) is 19.3. The summed E-state index contributed by atoms with van der Waals surface area (Å²) in [5.41, 5.74) is 2.16. The molecular formula is C15H16FIN2O. The molecule has 20 heavy (non-hydrogen) atoms. The molecule has 1 heterocycles. The van der Waals surface area contributed by atoms with Gasteiger partial charge in [0, 0.05) is 5.56 Å². The Hall–Kier alpha value is -1.24. The summed E-state index contributed by atoms with van der Waals surface area (Å²) < 4.78 is 13.8. The number of aromatic amines is 1. The number of benzene rings is 1. The molecule has 0 saturated heterocycles. The highest BCUT2D eigenvalue weighted by atomic mass is 127. The number of hydrogen-bond acceptors (Lipinski definition) is 2. The topological polar surface area (TPSA) is 45.8 Å². The minimum Gasteiger partial charge on any atom is -0.306 e. The van der Waals surface area contributed by atoms with Gasteiger partial charge in [-0.1, -0.05) is 13.8 Å². The normalized spacial score (nSPS) is 11.1. The Kier molecular flexibility index (Phi) is 4.57. The van der Waals surface area contributed by atoms with Crippen molar-refractivity contribution in [2.24, 2.45) is 5.92 Å². The molecule has 0 bridgehead atoms. The second-order valence-corrected chi connectivity index (χ2v) is 6.31. The highest BCUT2D eigenvalue weighted by molar-refractivity contribution is 14.1. The molecule has 0 atom stereocenters. The fraction of sp³-hybridized carbons (Fsp3) is 0.333. The average molecular weight is 386 g/mol. The van der Waals surface area contributed by atoms with E-state index < -0.39 is 0 Å². The first-order chi connectivity index (χ1) is 9.38. The monoisotopic (exact) mass is 386 g/mol. The smallest absolute Gasteiger partial charge is 0.264 e. The summed E-state index contributed by atoms with van der Waals surface area (Å²) in [5.74, 6) is 0.630. The molecule has 3 nitrogen and oxygen atoms in total. The van der Waals surface area contributed by atoms with Crippen LogP contribution in [0.5, 0.6) is 0 Å². The first kappa shape index (κ1) is 15.2. The lowest BCUT2D eigenvalue weighted by Crippen LogP contribution is -2.17. The fourth-order valence-corrected chi connectivity index (χ4v) is 2.52. The van der Waals surface area contributed by atoms with Crippen LogP contribution in [0.4, 0.5) is 4.39 Å². The van der Waals surface area contributed by atoms with Crippen molar-refractivity contribution >= 4 is 22.6 Å². The predicted octanol–water partition coefficient (Wildman–Crippen LogP) is 3.69. The van der Waals surface area contributed by atoms with Gasteiger partial charge in [-0.3, -0.25) is 4.79 Å². The zero-order valence-corrected chi connectivity index (χ0v) is 13.8. The van der Waals surface area contributed by atoms with Crippen LogP contribution >= 0.6 is 22.6 Å². The van der Waals surface area contributed by atoms with Gasteiger partial charge in [0.2, 0.25) is 0 Å². The van der Waals surface area contributed by atoms with Crippen LogP contribution in [-0.2, 0) is 6.42 Å². The molecular weight excluding hydrogens is 370 g/mol. The third kappa shape index (κ3) is 3.26. The van der Waals surface area contributed by atoms with Crippen molar-refractivity contribution in [3.05, 3.63) is 49.2 Å². The number of H-pyrrole nitrogens is 1. The van der Waals surface area contributed by atoms with Crippen LogP contribution in [0, 0.1) is 22.2 Å². The van der Waals surface area contributed by atoms with E-state index in [1.165, 1.54) is 12.1 Å². The van der Waals surface area contributed by atoms with Gasteiger partial charge in [-0.2, -0.15) is 0 Å². The van der Waals surface area contributed by atoms with Crippen molar-refractivity contribution in [2.45, 2.75) is 27.2 Å². The third-order valence-electron chi connectivity index (χ3n) is 2.98. The third-order valence-corrected chi connectivity index (χ3v) is 4.09. The summed E-state index contributed by atoms with van der Waals surface area (Å²) in [6.07, 6.45) is 0.745. The molecule has 0 spiro atoms. The van der Waals surface area contributed by atoms with Crippen LogP contribution in [0.3, 0.4) is 0 Å². The predicted molar refractivity (Wildman–Crippen MR) is 86.2 cm³/mol. The van der Waals surface area contributed by atoms with Crippen LogP contribution < -0.4 is 5.56 Å². The van der Waals surface area contributed by atoms with Crippen molar-refractivity contribution in [3.63, 3.8) is 0 Å². The molecule has 1 aromatic carbocycles. The number of halogens is 2. The molecule has 0 aliphatic heterocycles. The zero-order valence-electron chi connectivity index (χ0n) is 11.6.